The Morgan fingerprint density at radius 3 is 2.85 bits per heavy atom. The van der Waals surface area contributed by atoms with Crippen LogP contribution in [0.4, 0.5) is 0 Å². The lowest BCUT2D eigenvalue weighted by atomic mass is 10.1. The summed E-state index contributed by atoms with van der Waals surface area (Å²) >= 11 is 0. The summed E-state index contributed by atoms with van der Waals surface area (Å²) in [5, 5.41) is 17.2. The molecule has 0 radical (unpaired) electrons. The molecule has 1 rings (SSSR count). The maximum atomic E-state index is 12.1. The smallest absolute Gasteiger partial charge is 0.303 e. The van der Waals surface area contributed by atoms with Crippen LogP contribution in [0.1, 0.15) is 25.0 Å². The zero-order chi connectivity index (χ0) is 15.0. The van der Waals surface area contributed by atoms with Crippen LogP contribution >= 0.6 is 0 Å². The van der Waals surface area contributed by atoms with Crippen LogP contribution in [-0.2, 0) is 16.1 Å². The molecule has 0 saturated heterocycles. The van der Waals surface area contributed by atoms with Crippen LogP contribution in [0.5, 0.6) is 0 Å². The third-order valence-corrected chi connectivity index (χ3v) is 2.72. The molecule has 0 aliphatic heterocycles. The van der Waals surface area contributed by atoms with Gasteiger partial charge in [0.2, 0.25) is 5.91 Å². The van der Waals surface area contributed by atoms with Crippen molar-refractivity contribution in [3.05, 3.63) is 24.2 Å². The summed E-state index contributed by atoms with van der Waals surface area (Å²) in [5.74, 6) is -0.789. The quantitative estimate of drug-likeness (QED) is 0.723. The molecule has 0 aromatic carbocycles. The highest BCUT2D eigenvalue weighted by atomic mass is 16.4. The van der Waals surface area contributed by atoms with E-state index in [0.29, 0.717) is 5.76 Å². The van der Waals surface area contributed by atoms with E-state index in [1.165, 1.54) is 11.2 Å². The molecule has 7 heteroatoms. The van der Waals surface area contributed by atoms with Gasteiger partial charge in [0.1, 0.15) is 5.76 Å². The number of rotatable bonds is 8. The first-order valence-electron chi connectivity index (χ1n) is 6.20. The van der Waals surface area contributed by atoms with Crippen LogP contribution in [0.3, 0.4) is 0 Å². The summed E-state index contributed by atoms with van der Waals surface area (Å²) in [4.78, 5) is 24.0. The zero-order valence-corrected chi connectivity index (χ0v) is 11.0. The molecule has 0 fully saturated rings. The number of carboxylic acids is 1. The van der Waals surface area contributed by atoms with Crippen molar-refractivity contribution in [2.75, 3.05) is 6.54 Å². The molecule has 0 aliphatic rings. The Morgan fingerprint density at radius 2 is 2.30 bits per heavy atom. The Bertz CT molecular complexity index is 478. The van der Waals surface area contributed by atoms with Gasteiger partial charge in [0, 0.05) is 13.0 Å². The minimum Gasteiger partial charge on any atom is -0.481 e. The van der Waals surface area contributed by atoms with Gasteiger partial charge in [0.25, 0.3) is 0 Å². The summed E-state index contributed by atoms with van der Waals surface area (Å²) in [7, 11) is 0. The molecular formula is C13H17N3O4. The lowest BCUT2D eigenvalue weighted by Gasteiger charge is -2.23. The van der Waals surface area contributed by atoms with Gasteiger partial charge < -0.3 is 20.2 Å². The predicted molar refractivity (Wildman–Crippen MR) is 69.2 cm³/mol. The molecule has 1 amide bonds. The van der Waals surface area contributed by atoms with Crippen LogP contribution < -0.4 is 5.73 Å². The van der Waals surface area contributed by atoms with Gasteiger partial charge >= 0.3 is 5.97 Å². The van der Waals surface area contributed by atoms with Crippen molar-refractivity contribution in [2.45, 2.75) is 31.8 Å². The van der Waals surface area contributed by atoms with E-state index >= 15 is 0 Å². The summed E-state index contributed by atoms with van der Waals surface area (Å²) in [5.41, 5.74) is 5.70. The van der Waals surface area contributed by atoms with Crippen LogP contribution in [0.25, 0.3) is 0 Å². The van der Waals surface area contributed by atoms with Gasteiger partial charge in [-0.15, -0.1) is 0 Å². The molecule has 1 unspecified atom stereocenters. The number of hydrogen-bond acceptors (Lipinski definition) is 5. The maximum absolute atomic E-state index is 12.1. The van der Waals surface area contributed by atoms with Crippen molar-refractivity contribution < 1.29 is 19.1 Å². The molecule has 20 heavy (non-hydrogen) atoms. The van der Waals surface area contributed by atoms with Crippen molar-refractivity contribution in [3.63, 3.8) is 0 Å². The number of hydrogen-bond donors (Lipinski definition) is 2. The second-order valence-electron chi connectivity index (χ2n) is 4.29. The second kappa shape index (κ2) is 7.96. The number of nitrogens with zero attached hydrogens (tertiary/aromatic N) is 2. The van der Waals surface area contributed by atoms with E-state index in [9.17, 15) is 9.59 Å². The van der Waals surface area contributed by atoms with E-state index in [-0.39, 0.29) is 38.3 Å². The monoisotopic (exact) mass is 279 g/mol. The third kappa shape index (κ3) is 5.12. The average Bonchev–Trinajstić information content (AvgIpc) is 2.92. The van der Waals surface area contributed by atoms with E-state index in [1.807, 2.05) is 6.07 Å². The van der Waals surface area contributed by atoms with Crippen LogP contribution in [0, 0.1) is 11.3 Å². The molecule has 7 nitrogen and oxygen atoms in total. The van der Waals surface area contributed by atoms with Crippen molar-refractivity contribution >= 4 is 11.9 Å². The molecule has 1 aromatic heterocycles. The fraction of sp³-hybridized carbons (Fsp3) is 0.462. The first-order valence-corrected chi connectivity index (χ1v) is 6.20. The van der Waals surface area contributed by atoms with Gasteiger partial charge in [-0.05, 0) is 18.6 Å². The van der Waals surface area contributed by atoms with Crippen LogP contribution in [0.15, 0.2) is 22.8 Å². The Labute approximate surface area is 116 Å². The fourth-order valence-electron chi connectivity index (χ4n) is 1.68. The molecular weight excluding hydrogens is 262 g/mol. The molecule has 0 bridgehead atoms. The number of carbonyl (C=O) groups is 2. The Balaban J connectivity index is 2.63. The SMILES string of the molecule is N#CCCN(Cc1ccco1)C(=O)C(N)CCC(=O)O. The molecule has 0 spiro atoms. The topological polar surface area (TPSA) is 121 Å². The largest absolute Gasteiger partial charge is 0.481 e. The Morgan fingerprint density at radius 1 is 1.55 bits per heavy atom. The minimum atomic E-state index is -0.997. The molecule has 3 N–H and O–H groups in total. The average molecular weight is 279 g/mol. The van der Waals surface area contributed by atoms with Gasteiger partial charge in [0.15, 0.2) is 0 Å². The van der Waals surface area contributed by atoms with E-state index < -0.39 is 12.0 Å². The van der Waals surface area contributed by atoms with Gasteiger partial charge in [-0.25, -0.2) is 0 Å². The molecule has 108 valence electrons. The normalized spacial score (nSPS) is 11.6. The first-order chi connectivity index (χ1) is 9.54. The van der Waals surface area contributed by atoms with Crippen molar-refractivity contribution in [3.8, 4) is 6.07 Å². The van der Waals surface area contributed by atoms with Crippen molar-refractivity contribution in [1.82, 2.24) is 4.90 Å². The second-order valence-corrected chi connectivity index (χ2v) is 4.29. The number of aliphatic carboxylic acids is 1. The molecule has 1 aromatic rings. The Kier molecular flexibility index (Phi) is 6.26. The number of carbonyl (C=O) groups excluding carboxylic acids is 1. The maximum Gasteiger partial charge on any atom is 0.303 e. The highest BCUT2D eigenvalue weighted by molar-refractivity contribution is 5.82. The van der Waals surface area contributed by atoms with Crippen molar-refractivity contribution in [2.24, 2.45) is 5.73 Å². The minimum absolute atomic E-state index is 0.0649. The first kappa shape index (κ1) is 15.7. The number of nitrogens with two attached hydrogens (primary N) is 1. The van der Waals surface area contributed by atoms with E-state index in [2.05, 4.69) is 0 Å². The number of amides is 1. The van der Waals surface area contributed by atoms with E-state index in [4.69, 9.17) is 20.5 Å². The van der Waals surface area contributed by atoms with E-state index in [0.717, 1.165) is 0 Å². The lowest BCUT2D eigenvalue weighted by Crippen LogP contribution is -2.44. The highest BCUT2D eigenvalue weighted by Gasteiger charge is 2.22. The third-order valence-electron chi connectivity index (χ3n) is 2.72. The zero-order valence-electron chi connectivity index (χ0n) is 11.0. The van der Waals surface area contributed by atoms with Crippen LogP contribution in [0.2, 0.25) is 0 Å². The molecule has 0 saturated carbocycles. The molecule has 0 aliphatic carbocycles. The lowest BCUT2D eigenvalue weighted by molar-refractivity contribution is -0.137. The number of nitriles is 1. The molecule has 1 atom stereocenters. The van der Waals surface area contributed by atoms with E-state index in [1.54, 1.807) is 12.1 Å². The standard InChI is InChI=1S/C13H17N3O4/c14-6-2-7-16(9-10-3-1-8-20-10)13(19)11(15)4-5-12(17)18/h1,3,8,11H,2,4-5,7,9,15H2,(H,17,18). The number of carboxylic acid groups (broad SMARTS) is 1. The number of furan rings is 1. The Hall–Kier alpha value is -2.33. The fourth-order valence-corrected chi connectivity index (χ4v) is 1.68. The van der Waals surface area contributed by atoms with Gasteiger partial charge in [0.05, 0.1) is 31.3 Å². The van der Waals surface area contributed by atoms with Gasteiger partial charge in [-0.2, -0.15) is 5.26 Å². The summed E-state index contributed by atoms with van der Waals surface area (Å²) < 4.78 is 5.16. The van der Waals surface area contributed by atoms with Gasteiger partial charge in [-0.3, -0.25) is 9.59 Å². The van der Waals surface area contributed by atoms with Crippen molar-refractivity contribution in [1.29, 1.82) is 5.26 Å². The predicted octanol–water partition coefficient (Wildman–Crippen LogP) is 0.714. The molecule has 1 heterocycles. The van der Waals surface area contributed by atoms with Crippen LogP contribution in [-0.4, -0.2) is 34.5 Å². The summed E-state index contributed by atoms with van der Waals surface area (Å²) in [6.45, 7) is 0.449. The highest BCUT2D eigenvalue weighted by Crippen LogP contribution is 2.09. The summed E-state index contributed by atoms with van der Waals surface area (Å²) in [6.07, 6.45) is 1.57. The summed E-state index contributed by atoms with van der Waals surface area (Å²) in [6, 6.07) is 4.49. The van der Waals surface area contributed by atoms with Gasteiger partial charge in [-0.1, -0.05) is 0 Å².